The van der Waals surface area contributed by atoms with E-state index in [1.807, 2.05) is 0 Å². The van der Waals surface area contributed by atoms with E-state index in [-0.39, 0.29) is 16.0 Å². The highest BCUT2D eigenvalue weighted by atomic mass is 35.5. The molecule has 1 unspecified atom stereocenters. The van der Waals surface area contributed by atoms with Crippen LogP contribution in [0.3, 0.4) is 0 Å². The van der Waals surface area contributed by atoms with Crippen molar-refractivity contribution in [2.75, 3.05) is 13.1 Å². The van der Waals surface area contributed by atoms with Crippen molar-refractivity contribution in [1.29, 1.82) is 0 Å². The molecule has 1 aliphatic heterocycles. The van der Waals surface area contributed by atoms with Crippen molar-refractivity contribution in [3.8, 4) is 0 Å². The molecule has 1 fully saturated rings. The molecule has 1 atom stereocenters. The van der Waals surface area contributed by atoms with Crippen LogP contribution < -0.4 is 10.0 Å². The highest BCUT2D eigenvalue weighted by Crippen LogP contribution is 2.18. The van der Waals surface area contributed by atoms with Gasteiger partial charge in [-0.25, -0.2) is 17.5 Å². The summed E-state index contributed by atoms with van der Waals surface area (Å²) in [6.45, 7) is 1.36. The van der Waals surface area contributed by atoms with E-state index in [2.05, 4.69) is 10.0 Å². The first kappa shape index (κ1) is 12.8. The van der Waals surface area contributed by atoms with Crippen LogP contribution in [0.4, 0.5) is 4.39 Å². The number of sulfonamides is 1. The Balaban J connectivity index is 2.24. The van der Waals surface area contributed by atoms with Gasteiger partial charge in [-0.2, -0.15) is 0 Å². The molecule has 1 aromatic rings. The Hall–Kier alpha value is -0.690. The minimum Gasteiger partial charge on any atom is -0.315 e. The molecule has 0 spiro atoms. The Kier molecular flexibility index (Phi) is 3.67. The molecule has 94 valence electrons. The van der Waals surface area contributed by atoms with E-state index in [4.69, 9.17) is 11.6 Å². The summed E-state index contributed by atoms with van der Waals surface area (Å²) in [7, 11) is -3.70. The molecule has 2 rings (SSSR count). The quantitative estimate of drug-likeness (QED) is 0.871. The van der Waals surface area contributed by atoms with E-state index in [9.17, 15) is 12.8 Å². The summed E-state index contributed by atoms with van der Waals surface area (Å²) in [6.07, 6.45) is 0.724. The van der Waals surface area contributed by atoms with E-state index in [0.717, 1.165) is 25.1 Å². The minimum atomic E-state index is -3.70. The van der Waals surface area contributed by atoms with Gasteiger partial charge in [0.2, 0.25) is 10.0 Å². The lowest BCUT2D eigenvalue weighted by Crippen LogP contribution is -2.36. The van der Waals surface area contributed by atoms with Crippen molar-refractivity contribution in [2.45, 2.75) is 17.4 Å². The second-order valence-corrected chi connectivity index (χ2v) is 6.07. The molecule has 17 heavy (non-hydrogen) atoms. The third-order valence-electron chi connectivity index (χ3n) is 2.53. The van der Waals surface area contributed by atoms with Gasteiger partial charge in [0.15, 0.2) is 0 Å². The van der Waals surface area contributed by atoms with Crippen LogP contribution in [0.5, 0.6) is 0 Å². The van der Waals surface area contributed by atoms with Crippen molar-refractivity contribution in [3.05, 3.63) is 29.0 Å². The average Bonchev–Trinajstić information content (AvgIpc) is 2.68. The molecule has 7 heteroatoms. The van der Waals surface area contributed by atoms with Crippen molar-refractivity contribution in [2.24, 2.45) is 0 Å². The van der Waals surface area contributed by atoms with Crippen molar-refractivity contribution < 1.29 is 12.8 Å². The van der Waals surface area contributed by atoms with Gasteiger partial charge in [-0.15, -0.1) is 0 Å². The molecule has 0 aromatic heterocycles. The molecule has 1 saturated heterocycles. The zero-order valence-corrected chi connectivity index (χ0v) is 10.5. The van der Waals surface area contributed by atoms with E-state index in [1.54, 1.807) is 0 Å². The number of rotatable bonds is 3. The standard InChI is InChI=1S/C10H12ClFN2O2S/c11-7-3-8(12)5-10(4-7)17(15,16)14-9-1-2-13-6-9/h3-5,9,13-14H,1-2,6H2. The van der Waals surface area contributed by atoms with Crippen LogP contribution in [0.1, 0.15) is 6.42 Å². The van der Waals surface area contributed by atoms with Gasteiger partial charge in [0.1, 0.15) is 5.82 Å². The van der Waals surface area contributed by atoms with Gasteiger partial charge in [0.05, 0.1) is 4.90 Å². The highest BCUT2D eigenvalue weighted by molar-refractivity contribution is 7.89. The zero-order valence-electron chi connectivity index (χ0n) is 8.91. The first-order valence-electron chi connectivity index (χ1n) is 5.16. The number of nitrogens with one attached hydrogen (secondary N) is 2. The summed E-state index contributed by atoms with van der Waals surface area (Å²) in [4.78, 5) is -0.144. The zero-order chi connectivity index (χ0) is 12.5. The Labute approximate surface area is 104 Å². The fraction of sp³-hybridized carbons (Fsp3) is 0.400. The lowest BCUT2D eigenvalue weighted by atomic mass is 10.3. The molecule has 1 heterocycles. The molecule has 4 nitrogen and oxygen atoms in total. The first-order valence-corrected chi connectivity index (χ1v) is 7.03. The maximum absolute atomic E-state index is 13.1. The van der Waals surface area contributed by atoms with E-state index < -0.39 is 15.8 Å². The third kappa shape index (κ3) is 3.16. The first-order chi connectivity index (χ1) is 7.97. The summed E-state index contributed by atoms with van der Waals surface area (Å²) < 4.78 is 39.5. The highest BCUT2D eigenvalue weighted by Gasteiger charge is 2.23. The number of halogens is 2. The average molecular weight is 279 g/mol. The van der Waals surface area contributed by atoms with E-state index in [0.29, 0.717) is 6.54 Å². The predicted molar refractivity (Wildman–Crippen MR) is 63.0 cm³/mol. The van der Waals surface area contributed by atoms with Gasteiger partial charge in [-0.1, -0.05) is 11.6 Å². The monoisotopic (exact) mass is 278 g/mol. The van der Waals surface area contributed by atoms with Crippen LogP contribution in [-0.4, -0.2) is 27.5 Å². The molecule has 0 saturated carbocycles. The largest absolute Gasteiger partial charge is 0.315 e. The molecule has 0 radical (unpaired) electrons. The van der Waals surface area contributed by atoms with Gasteiger partial charge < -0.3 is 5.32 Å². The van der Waals surface area contributed by atoms with Gasteiger partial charge in [-0.3, -0.25) is 0 Å². The van der Waals surface area contributed by atoms with Crippen molar-refractivity contribution in [3.63, 3.8) is 0 Å². The summed E-state index contributed by atoms with van der Waals surface area (Å²) in [6, 6.07) is 3.10. The van der Waals surface area contributed by atoms with Gasteiger partial charge in [0, 0.05) is 17.6 Å². The van der Waals surface area contributed by atoms with Crippen LogP contribution in [0.25, 0.3) is 0 Å². The van der Waals surface area contributed by atoms with Crippen LogP contribution >= 0.6 is 11.6 Å². The number of hydrogen-bond donors (Lipinski definition) is 2. The van der Waals surface area contributed by atoms with Gasteiger partial charge >= 0.3 is 0 Å². The van der Waals surface area contributed by atoms with Crippen molar-refractivity contribution >= 4 is 21.6 Å². The SMILES string of the molecule is O=S(=O)(NC1CCNC1)c1cc(F)cc(Cl)c1. The van der Waals surface area contributed by atoms with Gasteiger partial charge in [0.25, 0.3) is 0 Å². The Bertz CT molecular complexity index is 495. The molecule has 1 aromatic carbocycles. The molecule has 0 amide bonds. The summed E-state index contributed by atoms with van der Waals surface area (Å²) in [5.41, 5.74) is 0. The predicted octanol–water partition coefficient (Wildman–Crippen LogP) is 1.12. The molecule has 0 bridgehead atoms. The molecular weight excluding hydrogens is 267 g/mol. The fourth-order valence-electron chi connectivity index (χ4n) is 1.73. The minimum absolute atomic E-state index is 0.0647. The maximum Gasteiger partial charge on any atom is 0.241 e. The smallest absolute Gasteiger partial charge is 0.241 e. The maximum atomic E-state index is 13.1. The van der Waals surface area contributed by atoms with Crippen LogP contribution in [-0.2, 0) is 10.0 Å². The Morgan fingerprint density at radius 3 is 2.76 bits per heavy atom. The van der Waals surface area contributed by atoms with E-state index >= 15 is 0 Å². The second-order valence-electron chi connectivity index (χ2n) is 3.92. The lowest BCUT2D eigenvalue weighted by Gasteiger charge is -2.12. The molecule has 0 aliphatic carbocycles. The second kappa shape index (κ2) is 4.89. The van der Waals surface area contributed by atoms with Gasteiger partial charge in [-0.05, 0) is 31.2 Å². The lowest BCUT2D eigenvalue weighted by molar-refractivity contribution is 0.557. The summed E-state index contributed by atoms with van der Waals surface area (Å²) in [5, 5.41) is 3.11. The normalized spacial score (nSPS) is 20.7. The summed E-state index contributed by atoms with van der Waals surface area (Å²) >= 11 is 5.63. The molecule has 2 N–H and O–H groups in total. The van der Waals surface area contributed by atoms with Crippen LogP contribution in [0.15, 0.2) is 23.1 Å². The number of hydrogen-bond acceptors (Lipinski definition) is 3. The van der Waals surface area contributed by atoms with Crippen LogP contribution in [0, 0.1) is 5.82 Å². The fourth-order valence-corrected chi connectivity index (χ4v) is 3.34. The number of benzene rings is 1. The Morgan fingerprint density at radius 2 is 2.18 bits per heavy atom. The third-order valence-corrected chi connectivity index (χ3v) is 4.25. The topological polar surface area (TPSA) is 58.2 Å². The van der Waals surface area contributed by atoms with E-state index in [1.165, 1.54) is 6.07 Å². The summed E-state index contributed by atoms with van der Waals surface area (Å²) in [5.74, 6) is -0.664. The van der Waals surface area contributed by atoms with Crippen molar-refractivity contribution in [1.82, 2.24) is 10.0 Å². The van der Waals surface area contributed by atoms with Crippen LogP contribution in [0.2, 0.25) is 5.02 Å². The molecule has 1 aliphatic rings. The Morgan fingerprint density at radius 1 is 1.41 bits per heavy atom. The molecular formula is C10H12ClFN2O2S.